The van der Waals surface area contributed by atoms with Crippen molar-refractivity contribution in [3.63, 3.8) is 0 Å². The third kappa shape index (κ3) is 1.55. The number of hydrogen-bond donors (Lipinski definition) is 1. The fraction of sp³-hybridized carbons (Fsp3) is 0. The number of nitrogen functional groups attached to an aromatic ring is 1. The number of nitrogens with zero attached hydrogens (tertiary/aromatic N) is 3. The van der Waals surface area contributed by atoms with Crippen LogP contribution in [0.5, 0.6) is 0 Å². The van der Waals surface area contributed by atoms with Crippen molar-refractivity contribution in [2.24, 2.45) is 0 Å². The number of halogens is 1. The topological polar surface area (TPSA) is 56.7 Å². The van der Waals surface area contributed by atoms with E-state index in [0.29, 0.717) is 5.69 Å². The molecule has 1 aromatic heterocycles. The van der Waals surface area contributed by atoms with Gasteiger partial charge in [-0.2, -0.15) is 5.10 Å². The Hall–Kier alpha value is -1.36. The summed E-state index contributed by atoms with van der Waals surface area (Å²) < 4.78 is 2.53. The fourth-order valence-electron chi connectivity index (χ4n) is 1.00. The quantitative estimate of drug-likeness (QED) is 0.769. The van der Waals surface area contributed by atoms with Crippen LogP contribution >= 0.6 is 15.9 Å². The van der Waals surface area contributed by atoms with E-state index in [0.717, 1.165) is 10.2 Å². The molecule has 0 amide bonds. The standard InChI is InChI=1S/C8H7BrN4/c9-7-3-6(1-2-8(7)10)13-5-11-4-12-13/h1-5H,10H2. The third-order valence-corrected chi connectivity index (χ3v) is 2.35. The van der Waals surface area contributed by atoms with Crippen molar-refractivity contribution in [1.82, 2.24) is 14.8 Å². The minimum atomic E-state index is 0.712. The van der Waals surface area contributed by atoms with Gasteiger partial charge >= 0.3 is 0 Å². The smallest absolute Gasteiger partial charge is 0.138 e. The molecule has 0 bridgehead atoms. The first kappa shape index (κ1) is 8.25. The van der Waals surface area contributed by atoms with E-state index in [4.69, 9.17) is 5.73 Å². The summed E-state index contributed by atoms with van der Waals surface area (Å²) in [5, 5.41) is 4.00. The molecule has 1 aromatic carbocycles. The summed E-state index contributed by atoms with van der Waals surface area (Å²) in [5.74, 6) is 0. The van der Waals surface area contributed by atoms with Crippen molar-refractivity contribution >= 4 is 21.6 Å². The van der Waals surface area contributed by atoms with Crippen molar-refractivity contribution in [2.75, 3.05) is 5.73 Å². The maximum Gasteiger partial charge on any atom is 0.138 e. The van der Waals surface area contributed by atoms with E-state index >= 15 is 0 Å². The van der Waals surface area contributed by atoms with Crippen LogP contribution in [-0.4, -0.2) is 14.8 Å². The Bertz CT molecular complexity index is 410. The Labute approximate surface area is 83.5 Å². The second kappa shape index (κ2) is 3.18. The molecule has 0 saturated carbocycles. The van der Waals surface area contributed by atoms with Crippen molar-refractivity contribution in [2.45, 2.75) is 0 Å². The maximum atomic E-state index is 5.65. The highest BCUT2D eigenvalue weighted by atomic mass is 79.9. The summed E-state index contributed by atoms with van der Waals surface area (Å²) in [5.41, 5.74) is 7.29. The summed E-state index contributed by atoms with van der Waals surface area (Å²) in [6.07, 6.45) is 3.13. The van der Waals surface area contributed by atoms with Gasteiger partial charge in [0, 0.05) is 10.2 Å². The van der Waals surface area contributed by atoms with Crippen molar-refractivity contribution in [3.05, 3.63) is 35.3 Å². The lowest BCUT2D eigenvalue weighted by Gasteiger charge is -2.02. The molecule has 2 aromatic rings. The van der Waals surface area contributed by atoms with Gasteiger partial charge in [-0.1, -0.05) is 0 Å². The second-order valence-corrected chi connectivity index (χ2v) is 3.40. The molecular formula is C8H7BrN4. The van der Waals surface area contributed by atoms with Gasteiger partial charge < -0.3 is 5.73 Å². The Kier molecular flexibility index (Phi) is 2.02. The van der Waals surface area contributed by atoms with Crippen LogP contribution in [0.15, 0.2) is 35.3 Å². The van der Waals surface area contributed by atoms with Gasteiger partial charge in [-0.3, -0.25) is 0 Å². The average Bonchev–Trinajstić information content (AvgIpc) is 2.62. The zero-order valence-corrected chi connectivity index (χ0v) is 8.27. The zero-order chi connectivity index (χ0) is 9.26. The molecule has 0 saturated heterocycles. The van der Waals surface area contributed by atoms with Gasteiger partial charge in [0.25, 0.3) is 0 Å². The molecule has 1 heterocycles. The highest BCUT2D eigenvalue weighted by Gasteiger charge is 1.99. The van der Waals surface area contributed by atoms with Crippen LogP contribution < -0.4 is 5.73 Å². The summed E-state index contributed by atoms with van der Waals surface area (Å²) in [4.78, 5) is 3.86. The van der Waals surface area contributed by atoms with Crippen molar-refractivity contribution in [3.8, 4) is 5.69 Å². The van der Waals surface area contributed by atoms with Crippen LogP contribution in [0.4, 0.5) is 5.69 Å². The van der Waals surface area contributed by atoms with Crippen LogP contribution in [0.25, 0.3) is 5.69 Å². The predicted molar refractivity (Wildman–Crippen MR) is 53.5 cm³/mol. The average molecular weight is 239 g/mol. The summed E-state index contributed by atoms with van der Waals surface area (Å²) >= 11 is 3.35. The van der Waals surface area contributed by atoms with E-state index in [9.17, 15) is 0 Å². The first-order valence-corrected chi connectivity index (χ1v) is 4.47. The van der Waals surface area contributed by atoms with Gasteiger partial charge in [0.1, 0.15) is 12.7 Å². The van der Waals surface area contributed by atoms with Crippen LogP contribution in [0.3, 0.4) is 0 Å². The molecule has 2 N–H and O–H groups in total. The van der Waals surface area contributed by atoms with Crippen LogP contribution in [0.2, 0.25) is 0 Å². The van der Waals surface area contributed by atoms with Crippen LogP contribution in [0.1, 0.15) is 0 Å². The van der Waals surface area contributed by atoms with Crippen LogP contribution in [-0.2, 0) is 0 Å². The molecule has 13 heavy (non-hydrogen) atoms. The lowest BCUT2D eigenvalue weighted by atomic mass is 10.3. The lowest BCUT2D eigenvalue weighted by molar-refractivity contribution is 0.878. The number of nitrogens with two attached hydrogens (primary N) is 1. The van der Waals surface area contributed by atoms with Gasteiger partial charge in [0.15, 0.2) is 0 Å². The molecule has 0 atom stereocenters. The van der Waals surface area contributed by atoms with E-state index in [1.165, 1.54) is 6.33 Å². The molecule has 5 heteroatoms. The number of rotatable bonds is 1. The molecule has 0 unspecified atom stereocenters. The van der Waals surface area contributed by atoms with Gasteiger partial charge in [-0.25, -0.2) is 9.67 Å². The third-order valence-electron chi connectivity index (χ3n) is 1.67. The van der Waals surface area contributed by atoms with E-state index in [2.05, 4.69) is 26.0 Å². The van der Waals surface area contributed by atoms with E-state index < -0.39 is 0 Å². The minimum absolute atomic E-state index is 0.712. The Morgan fingerprint density at radius 3 is 2.85 bits per heavy atom. The van der Waals surface area contributed by atoms with Gasteiger partial charge in [-0.05, 0) is 34.1 Å². The molecular weight excluding hydrogens is 232 g/mol. The molecule has 0 spiro atoms. The minimum Gasteiger partial charge on any atom is -0.398 e. The van der Waals surface area contributed by atoms with E-state index in [1.54, 1.807) is 11.0 Å². The van der Waals surface area contributed by atoms with E-state index in [1.807, 2.05) is 18.2 Å². The van der Waals surface area contributed by atoms with Gasteiger partial charge in [0.2, 0.25) is 0 Å². The molecule has 66 valence electrons. The van der Waals surface area contributed by atoms with Gasteiger partial charge in [-0.15, -0.1) is 0 Å². The highest BCUT2D eigenvalue weighted by Crippen LogP contribution is 2.21. The van der Waals surface area contributed by atoms with Crippen molar-refractivity contribution in [1.29, 1.82) is 0 Å². The molecule has 0 fully saturated rings. The number of anilines is 1. The largest absolute Gasteiger partial charge is 0.398 e. The monoisotopic (exact) mass is 238 g/mol. The van der Waals surface area contributed by atoms with E-state index in [-0.39, 0.29) is 0 Å². The summed E-state index contributed by atoms with van der Waals surface area (Å²) in [6.45, 7) is 0. The Balaban J connectivity index is 2.49. The summed E-state index contributed by atoms with van der Waals surface area (Å²) in [6, 6.07) is 5.60. The first-order valence-electron chi connectivity index (χ1n) is 3.67. The SMILES string of the molecule is Nc1ccc(-n2cncn2)cc1Br. The summed E-state index contributed by atoms with van der Waals surface area (Å²) in [7, 11) is 0. The van der Waals surface area contributed by atoms with Crippen LogP contribution in [0, 0.1) is 0 Å². The molecule has 4 nitrogen and oxygen atoms in total. The molecule has 0 aliphatic heterocycles. The fourth-order valence-corrected chi connectivity index (χ4v) is 1.37. The number of benzene rings is 1. The highest BCUT2D eigenvalue weighted by molar-refractivity contribution is 9.10. The normalized spacial score (nSPS) is 10.2. The molecule has 0 aliphatic carbocycles. The Morgan fingerprint density at radius 2 is 2.23 bits per heavy atom. The zero-order valence-electron chi connectivity index (χ0n) is 6.68. The first-order chi connectivity index (χ1) is 6.27. The maximum absolute atomic E-state index is 5.65. The number of hydrogen-bond acceptors (Lipinski definition) is 3. The number of aromatic nitrogens is 3. The van der Waals surface area contributed by atoms with Gasteiger partial charge in [0.05, 0.1) is 5.69 Å². The second-order valence-electron chi connectivity index (χ2n) is 2.55. The lowest BCUT2D eigenvalue weighted by Crippen LogP contribution is -1.95. The van der Waals surface area contributed by atoms with Crippen molar-refractivity contribution < 1.29 is 0 Å². The predicted octanol–water partition coefficient (Wildman–Crippen LogP) is 1.61. The molecule has 2 rings (SSSR count). The molecule has 0 aliphatic rings. The molecule has 0 radical (unpaired) electrons. The Morgan fingerprint density at radius 1 is 1.38 bits per heavy atom.